The Morgan fingerprint density at radius 3 is 2.15 bits per heavy atom. The summed E-state index contributed by atoms with van der Waals surface area (Å²) in [6.07, 6.45) is 1.36. The Balaban J connectivity index is 2.51. The maximum Gasteiger partial charge on any atom is 0.264 e. The van der Waals surface area contributed by atoms with Crippen molar-refractivity contribution in [2.75, 3.05) is 0 Å². The summed E-state index contributed by atoms with van der Waals surface area (Å²) >= 11 is 0. The molecule has 0 fully saturated rings. The van der Waals surface area contributed by atoms with Crippen LogP contribution in [0.15, 0.2) is 71.3 Å². The second-order valence-electron chi connectivity index (χ2n) is 6.38. The van der Waals surface area contributed by atoms with Crippen LogP contribution in [0.3, 0.4) is 0 Å². The third kappa shape index (κ3) is 4.73. The van der Waals surface area contributed by atoms with Crippen LogP contribution in [0.1, 0.15) is 25.0 Å². The quantitative estimate of drug-likeness (QED) is 0.747. The van der Waals surface area contributed by atoms with Crippen LogP contribution in [0.4, 0.5) is 0 Å². The molecule has 0 heterocycles. The lowest BCUT2D eigenvalue weighted by atomic mass is 10.1. The van der Waals surface area contributed by atoms with Gasteiger partial charge in [0.25, 0.3) is 10.0 Å². The van der Waals surface area contributed by atoms with Crippen LogP contribution in [0.2, 0.25) is 0 Å². The molecule has 2 rings (SSSR count). The van der Waals surface area contributed by atoms with Crippen molar-refractivity contribution in [1.82, 2.24) is 4.31 Å². The largest absolute Gasteiger partial charge is 0.548 e. The monoisotopic (exact) mass is 372 g/mol. The number of hydrogen-bond donors (Lipinski definition) is 0. The van der Waals surface area contributed by atoms with Gasteiger partial charge in [-0.25, -0.2) is 8.42 Å². The van der Waals surface area contributed by atoms with Crippen molar-refractivity contribution in [3.05, 3.63) is 77.5 Å². The molecule has 0 spiro atoms. The van der Waals surface area contributed by atoms with Gasteiger partial charge in [0.2, 0.25) is 0 Å². The minimum atomic E-state index is -4.04. The van der Waals surface area contributed by atoms with Gasteiger partial charge >= 0.3 is 0 Å². The summed E-state index contributed by atoms with van der Waals surface area (Å²) in [5.74, 6) is -1.44. The van der Waals surface area contributed by atoms with E-state index in [1.54, 1.807) is 50.2 Å². The molecule has 0 saturated heterocycles. The first-order valence-electron chi connectivity index (χ1n) is 8.22. The molecule has 0 aliphatic heterocycles. The van der Waals surface area contributed by atoms with Crippen molar-refractivity contribution in [2.24, 2.45) is 0 Å². The fraction of sp³-hybridized carbons (Fsp3) is 0.250. The van der Waals surface area contributed by atoms with E-state index < -0.39 is 22.0 Å². The van der Waals surface area contributed by atoms with Crippen LogP contribution in [0.5, 0.6) is 0 Å². The normalized spacial score (nSPS) is 12.3. The number of carbonyl (C=O) groups is 1. The topological polar surface area (TPSA) is 77.5 Å². The van der Waals surface area contributed by atoms with Crippen molar-refractivity contribution < 1.29 is 18.3 Å². The molecule has 138 valence electrons. The highest BCUT2D eigenvalue weighted by molar-refractivity contribution is 7.89. The van der Waals surface area contributed by atoms with Crippen LogP contribution in [-0.2, 0) is 21.2 Å². The summed E-state index contributed by atoms with van der Waals surface area (Å²) in [6, 6.07) is 13.9. The maximum atomic E-state index is 13.1. The number of hydrogen-bond acceptors (Lipinski definition) is 4. The predicted octanol–water partition coefficient (Wildman–Crippen LogP) is 2.27. The van der Waals surface area contributed by atoms with Gasteiger partial charge in [-0.05, 0) is 44.9 Å². The molecule has 0 bridgehead atoms. The lowest BCUT2D eigenvalue weighted by Crippen LogP contribution is -2.49. The molecule has 0 radical (unpaired) electrons. The highest BCUT2D eigenvalue weighted by Crippen LogP contribution is 2.22. The van der Waals surface area contributed by atoms with E-state index in [4.69, 9.17) is 0 Å². The van der Waals surface area contributed by atoms with Crippen LogP contribution in [-0.4, -0.2) is 24.7 Å². The second kappa shape index (κ2) is 8.19. The van der Waals surface area contributed by atoms with Gasteiger partial charge in [-0.1, -0.05) is 53.6 Å². The Hall–Kier alpha value is -2.60. The van der Waals surface area contributed by atoms with Gasteiger partial charge in [0.15, 0.2) is 0 Å². The number of carbonyl (C=O) groups excluding carboxylic acids is 1. The first-order valence-corrected chi connectivity index (χ1v) is 9.66. The number of benzene rings is 2. The van der Waals surface area contributed by atoms with Gasteiger partial charge in [0.1, 0.15) is 0 Å². The Morgan fingerprint density at radius 1 is 1.08 bits per heavy atom. The van der Waals surface area contributed by atoms with E-state index in [0.717, 1.165) is 9.87 Å². The van der Waals surface area contributed by atoms with Crippen molar-refractivity contribution in [3.8, 4) is 0 Å². The highest BCUT2D eigenvalue weighted by Gasteiger charge is 2.30. The molecule has 1 unspecified atom stereocenters. The molecule has 0 saturated carbocycles. The molecule has 0 aliphatic carbocycles. The van der Waals surface area contributed by atoms with Crippen LogP contribution in [0, 0.1) is 6.92 Å². The number of aryl methyl sites for hydroxylation is 1. The van der Waals surface area contributed by atoms with E-state index in [1.807, 2.05) is 13.0 Å². The zero-order chi connectivity index (χ0) is 19.3. The molecule has 2 aromatic rings. The Labute approximate surface area is 154 Å². The number of nitrogens with zero attached hydrogens (tertiary/aromatic N) is 1. The molecule has 1 atom stereocenters. The maximum absolute atomic E-state index is 13.1. The molecule has 0 amide bonds. The minimum absolute atomic E-state index is 0.0119. The molecule has 0 N–H and O–H groups in total. The van der Waals surface area contributed by atoms with Gasteiger partial charge in [-0.15, -0.1) is 0 Å². The van der Waals surface area contributed by atoms with E-state index in [1.165, 1.54) is 18.3 Å². The van der Waals surface area contributed by atoms with E-state index in [0.29, 0.717) is 11.1 Å². The van der Waals surface area contributed by atoms with Gasteiger partial charge < -0.3 is 9.90 Å². The van der Waals surface area contributed by atoms with Crippen LogP contribution >= 0.6 is 0 Å². The number of aliphatic carboxylic acids is 1. The zero-order valence-corrected chi connectivity index (χ0v) is 15.9. The minimum Gasteiger partial charge on any atom is -0.548 e. The van der Waals surface area contributed by atoms with Crippen molar-refractivity contribution in [2.45, 2.75) is 38.1 Å². The number of allylic oxidation sites excluding steroid dienone is 1. The summed E-state index contributed by atoms with van der Waals surface area (Å²) in [4.78, 5) is 11.9. The third-order valence-electron chi connectivity index (χ3n) is 3.83. The SMILES string of the molecule is CC(C)=CN(C(Cc1ccccc1)C(=O)[O-])S(=O)(=O)c1ccc(C)cc1. The lowest BCUT2D eigenvalue weighted by molar-refractivity contribution is -0.309. The predicted molar refractivity (Wildman–Crippen MR) is 98.6 cm³/mol. The van der Waals surface area contributed by atoms with E-state index >= 15 is 0 Å². The highest BCUT2D eigenvalue weighted by atomic mass is 32.2. The average Bonchev–Trinajstić information content (AvgIpc) is 2.58. The molecule has 0 aromatic heterocycles. The third-order valence-corrected chi connectivity index (χ3v) is 5.62. The molecule has 5 nitrogen and oxygen atoms in total. The van der Waals surface area contributed by atoms with Gasteiger partial charge in [0.05, 0.1) is 16.9 Å². The Bertz CT molecular complexity index is 883. The van der Waals surface area contributed by atoms with Gasteiger partial charge in [0, 0.05) is 6.20 Å². The molecule has 6 heteroatoms. The number of sulfonamides is 1. The summed E-state index contributed by atoms with van der Waals surface area (Å²) < 4.78 is 27.1. The van der Waals surface area contributed by atoms with Crippen LogP contribution < -0.4 is 5.11 Å². The second-order valence-corrected chi connectivity index (χ2v) is 8.22. The fourth-order valence-electron chi connectivity index (χ4n) is 2.53. The van der Waals surface area contributed by atoms with Crippen LogP contribution in [0.25, 0.3) is 0 Å². The number of carboxylic acid groups (broad SMARTS) is 1. The van der Waals surface area contributed by atoms with Crippen molar-refractivity contribution in [3.63, 3.8) is 0 Å². The van der Waals surface area contributed by atoms with Gasteiger partial charge in [-0.2, -0.15) is 0 Å². The average molecular weight is 372 g/mol. The summed E-state index contributed by atoms with van der Waals surface area (Å²) in [5.41, 5.74) is 2.30. The standard InChI is InChI=1S/C20H23NO4S/c1-15(2)14-21(26(24,25)18-11-9-16(3)10-12-18)19(20(22)23)13-17-7-5-4-6-8-17/h4-12,14,19H,13H2,1-3H3,(H,22,23)/p-1. The Morgan fingerprint density at radius 2 is 1.65 bits per heavy atom. The van der Waals surface area contributed by atoms with E-state index in [9.17, 15) is 18.3 Å². The van der Waals surface area contributed by atoms with Crippen molar-refractivity contribution in [1.29, 1.82) is 0 Å². The number of carboxylic acids is 1. The zero-order valence-electron chi connectivity index (χ0n) is 15.0. The van der Waals surface area contributed by atoms with E-state index in [-0.39, 0.29) is 11.3 Å². The summed E-state index contributed by atoms with van der Waals surface area (Å²) in [5, 5.41) is 11.8. The molecule has 2 aromatic carbocycles. The smallest absolute Gasteiger partial charge is 0.264 e. The lowest BCUT2D eigenvalue weighted by Gasteiger charge is -2.31. The number of rotatable bonds is 7. The molecule has 26 heavy (non-hydrogen) atoms. The molecular formula is C20H22NO4S-. The summed E-state index contributed by atoms with van der Waals surface area (Å²) in [7, 11) is -4.04. The van der Waals surface area contributed by atoms with E-state index in [2.05, 4.69) is 0 Å². The first-order chi connectivity index (χ1) is 12.2. The molecule has 0 aliphatic rings. The first kappa shape index (κ1) is 19.7. The summed E-state index contributed by atoms with van der Waals surface area (Å²) in [6.45, 7) is 5.28. The van der Waals surface area contributed by atoms with Crippen molar-refractivity contribution >= 4 is 16.0 Å². The van der Waals surface area contributed by atoms with Gasteiger partial charge in [-0.3, -0.25) is 4.31 Å². The molecular weight excluding hydrogens is 350 g/mol. The fourth-order valence-corrected chi connectivity index (χ4v) is 4.10. The Kier molecular flexibility index (Phi) is 6.21.